The minimum atomic E-state index is -0.945. The molecule has 1 heterocycles. The molecule has 0 aliphatic carbocycles. The molecule has 0 saturated carbocycles. The Kier molecular flexibility index (Phi) is 5.42. The largest absolute Gasteiger partial charge is 0.387 e. The highest BCUT2D eigenvalue weighted by molar-refractivity contribution is 6.35. The number of aromatic nitrogens is 1. The number of pyridine rings is 1. The smallest absolute Gasteiger partial charge is 0.253 e. The quantitative estimate of drug-likeness (QED) is 0.891. The number of aliphatic hydroxyl groups excluding tert-OH is 1. The van der Waals surface area contributed by atoms with Gasteiger partial charge < -0.3 is 10.4 Å². The van der Waals surface area contributed by atoms with E-state index in [1.54, 1.807) is 12.1 Å². The van der Waals surface area contributed by atoms with E-state index in [1.807, 2.05) is 0 Å². The molecule has 7 heteroatoms. The first-order valence-corrected chi connectivity index (χ1v) is 7.13. The second-order valence-corrected chi connectivity index (χ2v) is 5.50. The van der Waals surface area contributed by atoms with Gasteiger partial charge in [-0.3, -0.25) is 9.78 Å². The minimum Gasteiger partial charge on any atom is -0.387 e. The zero-order chi connectivity index (χ0) is 15.4. The standard InChI is InChI=1S/C14H11Cl3N2O2/c15-8-1-2-9(11(16)5-8)13(20)7-19-14(21)10-3-4-18-6-12(10)17/h1-6,13,20H,7H2,(H,19,21). The van der Waals surface area contributed by atoms with Crippen molar-refractivity contribution in [3.63, 3.8) is 0 Å². The molecule has 21 heavy (non-hydrogen) atoms. The molecule has 0 saturated heterocycles. The Morgan fingerprint density at radius 2 is 2.00 bits per heavy atom. The van der Waals surface area contributed by atoms with E-state index in [4.69, 9.17) is 34.8 Å². The maximum absolute atomic E-state index is 12.0. The summed E-state index contributed by atoms with van der Waals surface area (Å²) in [6.45, 7) is -0.00115. The summed E-state index contributed by atoms with van der Waals surface area (Å²) in [6.07, 6.45) is 1.90. The first-order chi connectivity index (χ1) is 9.99. The number of hydrogen-bond acceptors (Lipinski definition) is 3. The van der Waals surface area contributed by atoms with Crippen LogP contribution >= 0.6 is 34.8 Å². The van der Waals surface area contributed by atoms with Gasteiger partial charge in [-0.05, 0) is 18.2 Å². The van der Waals surface area contributed by atoms with E-state index in [0.29, 0.717) is 21.2 Å². The van der Waals surface area contributed by atoms with Crippen molar-refractivity contribution in [1.82, 2.24) is 10.3 Å². The number of nitrogens with zero attached hydrogens (tertiary/aromatic N) is 1. The van der Waals surface area contributed by atoms with Crippen LogP contribution in [-0.2, 0) is 0 Å². The topological polar surface area (TPSA) is 62.2 Å². The molecule has 1 unspecified atom stereocenters. The van der Waals surface area contributed by atoms with Gasteiger partial charge in [0, 0.05) is 34.5 Å². The molecule has 0 aliphatic rings. The molecule has 1 atom stereocenters. The van der Waals surface area contributed by atoms with Crippen LogP contribution in [0.2, 0.25) is 15.1 Å². The SMILES string of the molecule is O=C(NCC(O)c1ccc(Cl)cc1Cl)c1ccncc1Cl. The third kappa shape index (κ3) is 4.08. The number of rotatable bonds is 4. The van der Waals surface area contributed by atoms with E-state index in [0.717, 1.165) is 0 Å². The van der Waals surface area contributed by atoms with Crippen LogP contribution in [0, 0.1) is 0 Å². The molecular formula is C14H11Cl3N2O2. The summed E-state index contributed by atoms with van der Waals surface area (Å²) < 4.78 is 0. The molecule has 1 aromatic heterocycles. The molecule has 0 spiro atoms. The fraction of sp³-hybridized carbons (Fsp3) is 0.143. The summed E-state index contributed by atoms with van der Waals surface area (Å²) >= 11 is 17.7. The van der Waals surface area contributed by atoms with Gasteiger partial charge in [0.15, 0.2) is 0 Å². The van der Waals surface area contributed by atoms with E-state index in [1.165, 1.54) is 24.5 Å². The van der Waals surface area contributed by atoms with Crippen LogP contribution in [0.5, 0.6) is 0 Å². The van der Waals surface area contributed by atoms with Gasteiger partial charge in [-0.25, -0.2) is 0 Å². The lowest BCUT2D eigenvalue weighted by molar-refractivity contribution is 0.0916. The Morgan fingerprint density at radius 3 is 2.67 bits per heavy atom. The van der Waals surface area contributed by atoms with Crippen molar-refractivity contribution in [2.75, 3.05) is 6.54 Å². The summed E-state index contributed by atoms with van der Waals surface area (Å²) in [5.74, 6) is -0.397. The van der Waals surface area contributed by atoms with Crippen molar-refractivity contribution in [1.29, 1.82) is 0 Å². The molecule has 0 aliphatic heterocycles. The summed E-state index contributed by atoms with van der Waals surface area (Å²) in [6, 6.07) is 6.26. The van der Waals surface area contributed by atoms with Crippen molar-refractivity contribution in [3.8, 4) is 0 Å². The Labute approximate surface area is 136 Å². The van der Waals surface area contributed by atoms with E-state index in [2.05, 4.69) is 10.3 Å². The predicted molar refractivity (Wildman–Crippen MR) is 83.0 cm³/mol. The van der Waals surface area contributed by atoms with Crippen LogP contribution in [0.4, 0.5) is 0 Å². The van der Waals surface area contributed by atoms with Gasteiger partial charge in [-0.1, -0.05) is 40.9 Å². The zero-order valence-corrected chi connectivity index (χ0v) is 13.0. The molecule has 0 radical (unpaired) electrons. The molecular weight excluding hydrogens is 335 g/mol. The Balaban J connectivity index is 2.02. The molecule has 2 N–H and O–H groups in total. The van der Waals surface area contributed by atoms with E-state index in [-0.39, 0.29) is 11.6 Å². The number of carbonyl (C=O) groups is 1. The van der Waals surface area contributed by atoms with Gasteiger partial charge in [0.2, 0.25) is 0 Å². The molecule has 1 amide bonds. The van der Waals surface area contributed by atoms with Gasteiger partial charge in [0.1, 0.15) is 0 Å². The fourth-order valence-electron chi connectivity index (χ4n) is 1.73. The van der Waals surface area contributed by atoms with E-state index < -0.39 is 12.0 Å². The molecule has 2 rings (SSSR count). The lowest BCUT2D eigenvalue weighted by Gasteiger charge is -2.14. The predicted octanol–water partition coefficient (Wildman–Crippen LogP) is 3.51. The van der Waals surface area contributed by atoms with Gasteiger partial charge in [0.25, 0.3) is 5.91 Å². The van der Waals surface area contributed by atoms with Crippen LogP contribution in [0.1, 0.15) is 22.0 Å². The number of benzene rings is 1. The van der Waals surface area contributed by atoms with Gasteiger partial charge in [-0.2, -0.15) is 0 Å². The third-order valence-corrected chi connectivity index (χ3v) is 3.66. The monoisotopic (exact) mass is 344 g/mol. The first kappa shape index (κ1) is 16.0. The van der Waals surface area contributed by atoms with E-state index in [9.17, 15) is 9.90 Å². The molecule has 0 bridgehead atoms. The van der Waals surface area contributed by atoms with Crippen LogP contribution in [-0.4, -0.2) is 22.5 Å². The molecule has 2 aromatic rings. The summed E-state index contributed by atoms with van der Waals surface area (Å²) in [5, 5.41) is 13.7. The number of amides is 1. The number of carbonyl (C=O) groups excluding carboxylic acids is 1. The highest BCUT2D eigenvalue weighted by atomic mass is 35.5. The van der Waals surface area contributed by atoms with Crippen molar-refractivity contribution in [3.05, 3.63) is 62.9 Å². The van der Waals surface area contributed by atoms with E-state index >= 15 is 0 Å². The minimum absolute atomic E-state index is 0.00115. The van der Waals surface area contributed by atoms with Crippen LogP contribution in [0.25, 0.3) is 0 Å². The van der Waals surface area contributed by atoms with Gasteiger partial charge in [-0.15, -0.1) is 0 Å². The van der Waals surface area contributed by atoms with Crippen LogP contribution in [0.15, 0.2) is 36.7 Å². The number of aliphatic hydroxyl groups is 1. The zero-order valence-electron chi connectivity index (χ0n) is 10.7. The van der Waals surface area contributed by atoms with Crippen molar-refractivity contribution in [2.45, 2.75) is 6.10 Å². The van der Waals surface area contributed by atoms with Crippen LogP contribution < -0.4 is 5.32 Å². The number of nitrogens with one attached hydrogen (secondary N) is 1. The fourth-order valence-corrected chi connectivity index (χ4v) is 2.47. The van der Waals surface area contributed by atoms with Crippen molar-refractivity contribution < 1.29 is 9.90 Å². The maximum Gasteiger partial charge on any atom is 0.253 e. The highest BCUT2D eigenvalue weighted by Crippen LogP contribution is 2.26. The normalized spacial score (nSPS) is 12.0. The Morgan fingerprint density at radius 1 is 1.24 bits per heavy atom. The summed E-state index contributed by atoms with van der Waals surface area (Å²) in [5.41, 5.74) is 0.781. The summed E-state index contributed by atoms with van der Waals surface area (Å²) in [7, 11) is 0. The summed E-state index contributed by atoms with van der Waals surface area (Å²) in [4.78, 5) is 15.8. The third-order valence-electron chi connectivity index (χ3n) is 2.79. The Hall–Kier alpha value is -1.33. The van der Waals surface area contributed by atoms with Gasteiger partial charge in [0.05, 0.1) is 16.7 Å². The average molecular weight is 346 g/mol. The lowest BCUT2D eigenvalue weighted by Crippen LogP contribution is -2.28. The molecule has 4 nitrogen and oxygen atoms in total. The second kappa shape index (κ2) is 7.09. The van der Waals surface area contributed by atoms with Crippen molar-refractivity contribution >= 4 is 40.7 Å². The number of halogens is 3. The highest BCUT2D eigenvalue weighted by Gasteiger charge is 2.15. The molecule has 1 aromatic carbocycles. The van der Waals surface area contributed by atoms with Gasteiger partial charge >= 0.3 is 0 Å². The number of hydrogen-bond donors (Lipinski definition) is 2. The lowest BCUT2D eigenvalue weighted by atomic mass is 10.1. The van der Waals surface area contributed by atoms with Crippen molar-refractivity contribution in [2.24, 2.45) is 0 Å². The molecule has 0 fully saturated rings. The van der Waals surface area contributed by atoms with Crippen LogP contribution in [0.3, 0.4) is 0 Å². The maximum atomic E-state index is 12.0. The Bertz CT molecular complexity index is 664. The average Bonchev–Trinajstić information content (AvgIpc) is 2.45. The molecule has 110 valence electrons. The first-order valence-electron chi connectivity index (χ1n) is 5.99. The second-order valence-electron chi connectivity index (χ2n) is 4.25.